The molecule has 1 heterocycles. The van der Waals surface area contributed by atoms with E-state index in [0.717, 1.165) is 0 Å². The fraction of sp³-hybridized carbons (Fsp3) is 0. The van der Waals surface area contributed by atoms with Crippen molar-refractivity contribution < 1.29 is 9.90 Å². The van der Waals surface area contributed by atoms with Gasteiger partial charge in [-0.15, -0.1) is 0 Å². The summed E-state index contributed by atoms with van der Waals surface area (Å²) in [5.74, 6) is -1.21. The maximum Gasteiger partial charge on any atom is 0.0715 e. The standard InChI is InChI=1S/C7H6O2S/c1-5(7(8)9)6-2-3-10-4-6/h2-4H,1H2,(H,8,9)/p-1. The molecular formula is C7H5O2S-. The molecule has 0 fully saturated rings. The summed E-state index contributed by atoms with van der Waals surface area (Å²) < 4.78 is 0. The zero-order valence-electron chi connectivity index (χ0n) is 5.16. The second-order valence-electron chi connectivity index (χ2n) is 1.78. The van der Waals surface area contributed by atoms with Gasteiger partial charge in [-0.1, -0.05) is 6.58 Å². The molecule has 0 radical (unpaired) electrons. The Balaban J connectivity index is 2.88. The average Bonchev–Trinajstić information content (AvgIpc) is 2.36. The lowest BCUT2D eigenvalue weighted by atomic mass is 10.2. The highest BCUT2D eigenvalue weighted by molar-refractivity contribution is 7.08. The predicted octanol–water partition coefficient (Wildman–Crippen LogP) is 0.511. The van der Waals surface area contributed by atoms with Gasteiger partial charge in [-0.05, 0) is 28.0 Å². The number of carbonyl (C=O) groups excluding carboxylic acids is 1. The normalized spacial score (nSPS) is 9.20. The molecule has 0 aliphatic rings. The molecule has 0 spiro atoms. The van der Waals surface area contributed by atoms with Gasteiger partial charge in [0, 0.05) is 0 Å². The summed E-state index contributed by atoms with van der Waals surface area (Å²) in [5.41, 5.74) is 0.672. The first-order chi connectivity index (χ1) is 4.72. The predicted molar refractivity (Wildman–Crippen MR) is 38.4 cm³/mol. The van der Waals surface area contributed by atoms with Crippen LogP contribution in [0.3, 0.4) is 0 Å². The van der Waals surface area contributed by atoms with Crippen LogP contribution in [0.15, 0.2) is 23.4 Å². The van der Waals surface area contributed by atoms with Crippen molar-refractivity contribution in [2.24, 2.45) is 0 Å². The van der Waals surface area contributed by atoms with E-state index in [9.17, 15) is 9.90 Å². The number of carboxylic acids is 1. The number of aliphatic carboxylic acids is 1. The lowest BCUT2D eigenvalue weighted by Gasteiger charge is -2.01. The lowest BCUT2D eigenvalue weighted by molar-refractivity contribution is -0.295. The van der Waals surface area contributed by atoms with E-state index in [-0.39, 0.29) is 5.57 Å². The van der Waals surface area contributed by atoms with Crippen LogP contribution in [0.5, 0.6) is 0 Å². The Labute approximate surface area is 62.4 Å². The van der Waals surface area contributed by atoms with Gasteiger partial charge in [0.2, 0.25) is 0 Å². The number of rotatable bonds is 2. The van der Waals surface area contributed by atoms with E-state index in [1.54, 1.807) is 16.8 Å². The zero-order chi connectivity index (χ0) is 7.56. The third-order valence-electron chi connectivity index (χ3n) is 1.12. The molecule has 0 N–H and O–H groups in total. The summed E-state index contributed by atoms with van der Waals surface area (Å²) in [6, 6.07) is 1.70. The molecule has 0 saturated carbocycles. The van der Waals surface area contributed by atoms with Crippen molar-refractivity contribution in [1.29, 1.82) is 0 Å². The minimum atomic E-state index is -1.21. The Bertz CT molecular complexity index is 249. The molecule has 0 aliphatic heterocycles. The summed E-state index contributed by atoms with van der Waals surface area (Å²) in [7, 11) is 0. The van der Waals surface area contributed by atoms with Crippen molar-refractivity contribution in [2.45, 2.75) is 0 Å². The zero-order valence-corrected chi connectivity index (χ0v) is 5.98. The van der Waals surface area contributed by atoms with Crippen molar-refractivity contribution >= 4 is 22.9 Å². The SMILES string of the molecule is C=C(C(=O)[O-])c1ccsc1. The molecule has 0 bridgehead atoms. The highest BCUT2D eigenvalue weighted by Crippen LogP contribution is 2.14. The van der Waals surface area contributed by atoms with E-state index in [1.165, 1.54) is 11.3 Å². The minimum absolute atomic E-state index is 0.0428. The van der Waals surface area contributed by atoms with Crippen molar-refractivity contribution in [1.82, 2.24) is 0 Å². The molecule has 2 nitrogen and oxygen atoms in total. The quantitative estimate of drug-likeness (QED) is 0.581. The Hall–Kier alpha value is -1.09. The fourth-order valence-electron chi connectivity index (χ4n) is 0.554. The van der Waals surface area contributed by atoms with Gasteiger partial charge in [0.05, 0.1) is 5.97 Å². The molecule has 1 rings (SSSR count). The third kappa shape index (κ3) is 1.25. The Morgan fingerprint density at radius 2 is 2.40 bits per heavy atom. The van der Waals surface area contributed by atoms with E-state index in [2.05, 4.69) is 6.58 Å². The maximum atomic E-state index is 10.2. The molecule has 0 amide bonds. The largest absolute Gasteiger partial charge is 0.545 e. The van der Waals surface area contributed by atoms with Crippen LogP contribution in [0.1, 0.15) is 5.56 Å². The number of carbonyl (C=O) groups is 1. The summed E-state index contributed by atoms with van der Waals surface area (Å²) in [5, 5.41) is 13.7. The van der Waals surface area contributed by atoms with Crippen molar-refractivity contribution in [3.8, 4) is 0 Å². The molecule has 10 heavy (non-hydrogen) atoms. The molecule has 1 aromatic rings. The second-order valence-corrected chi connectivity index (χ2v) is 2.56. The van der Waals surface area contributed by atoms with Gasteiger partial charge < -0.3 is 9.90 Å². The first-order valence-corrected chi connectivity index (χ1v) is 3.59. The highest BCUT2D eigenvalue weighted by atomic mass is 32.1. The van der Waals surface area contributed by atoms with Gasteiger partial charge in [-0.2, -0.15) is 11.3 Å². The number of hydrogen-bond donors (Lipinski definition) is 0. The smallest absolute Gasteiger partial charge is 0.0715 e. The summed E-state index contributed by atoms with van der Waals surface area (Å²) in [4.78, 5) is 10.2. The molecule has 1 aromatic heterocycles. The van der Waals surface area contributed by atoms with Crippen LogP contribution < -0.4 is 5.11 Å². The first kappa shape index (κ1) is 7.02. The Kier molecular flexibility index (Phi) is 1.87. The molecule has 52 valence electrons. The lowest BCUT2D eigenvalue weighted by Crippen LogP contribution is -2.22. The van der Waals surface area contributed by atoms with Crippen molar-refractivity contribution in [2.75, 3.05) is 0 Å². The second kappa shape index (κ2) is 2.66. The van der Waals surface area contributed by atoms with Crippen molar-refractivity contribution in [3.63, 3.8) is 0 Å². The number of carboxylic acid groups (broad SMARTS) is 1. The van der Waals surface area contributed by atoms with E-state index in [0.29, 0.717) is 5.56 Å². The van der Waals surface area contributed by atoms with Gasteiger partial charge in [0.1, 0.15) is 0 Å². The van der Waals surface area contributed by atoms with Gasteiger partial charge in [-0.25, -0.2) is 0 Å². The summed E-state index contributed by atoms with van der Waals surface area (Å²) >= 11 is 1.43. The minimum Gasteiger partial charge on any atom is -0.545 e. The Morgan fingerprint density at radius 1 is 1.70 bits per heavy atom. The Morgan fingerprint density at radius 3 is 2.80 bits per heavy atom. The number of thiophene rings is 1. The molecule has 0 saturated heterocycles. The van der Waals surface area contributed by atoms with Crippen LogP contribution in [0.4, 0.5) is 0 Å². The molecule has 0 aliphatic carbocycles. The van der Waals surface area contributed by atoms with Crippen LogP contribution in [0, 0.1) is 0 Å². The highest BCUT2D eigenvalue weighted by Gasteiger charge is 1.97. The molecule has 0 aromatic carbocycles. The molecular weight excluding hydrogens is 148 g/mol. The van der Waals surface area contributed by atoms with E-state index < -0.39 is 5.97 Å². The third-order valence-corrected chi connectivity index (χ3v) is 1.80. The maximum absolute atomic E-state index is 10.2. The van der Waals surface area contributed by atoms with Crippen LogP contribution >= 0.6 is 11.3 Å². The van der Waals surface area contributed by atoms with Gasteiger partial charge in [-0.3, -0.25) is 0 Å². The molecule has 3 heteroatoms. The van der Waals surface area contributed by atoms with Gasteiger partial charge >= 0.3 is 0 Å². The summed E-state index contributed by atoms with van der Waals surface area (Å²) in [6.45, 7) is 3.34. The van der Waals surface area contributed by atoms with E-state index >= 15 is 0 Å². The van der Waals surface area contributed by atoms with Crippen LogP contribution in [-0.2, 0) is 4.79 Å². The topological polar surface area (TPSA) is 40.1 Å². The van der Waals surface area contributed by atoms with E-state index in [4.69, 9.17) is 0 Å². The van der Waals surface area contributed by atoms with Crippen LogP contribution in [-0.4, -0.2) is 5.97 Å². The van der Waals surface area contributed by atoms with Gasteiger partial charge in [0.15, 0.2) is 0 Å². The van der Waals surface area contributed by atoms with E-state index in [1.807, 2.05) is 0 Å². The summed E-state index contributed by atoms with van der Waals surface area (Å²) in [6.07, 6.45) is 0. The van der Waals surface area contributed by atoms with Crippen LogP contribution in [0.2, 0.25) is 0 Å². The fourth-order valence-corrected chi connectivity index (χ4v) is 1.23. The monoisotopic (exact) mass is 153 g/mol. The van der Waals surface area contributed by atoms with Crippen molar-refractivity contribution in [3.05, 3.63) is 29.0 Å². The molecule has 0 atom stereocenters. The number of hydrogen-bond acceptors (Lipinski definition) is 3. The van der Waals surface area contributed by atoms with Gasteiger partial charge in [0.25, 0.3) is 0 Å². The average molecular weight is 153 g/mol. The first-order valence-electron chi connectivity index (χ1n) is 2.64. The van der Waals surface area contributed by atoms with Crippen LogP contribution in [0.25, 0.3) is 5.57 Å². The molecule has 0 unspecified atom stereocenters.